The summed E-state index contributed by atoms with van der Waals surface area (Å²) in [5.74, 6) is -0.467. The van der Waals surface area contributed by atoms with E-state index >= 15 is 0 Å². The number of rotatable bonds is 7. The summed E-state index contributed by atoms with van der Waals surface area (Å²) in [4.78, 5) is 16.4. The Balaban J connectivity index is 1.89. The van der Waals surface area contributed by atoms with Crippen LogP contribution >= 0.6 is 0 Å². The summed E-state index contributed by atoms with van der Waals surface area (Å²) in [6.45, 7) is 1.49. The van der Waals surface area contributed by atoms with Crippen molar-refractivity contribution in [3.63, 3.8) is 0 Å². The second-order valence-electron chi connectivity index (χ2n) is 5.76. The summed E-state index contributed by atoms with van der Waals surface area (Å²) in [7, 11) is -3.63. The highest BCUT2D eigenvalue weighted by molar-refractivity contribution is 7.91. The number of hydrogen-bond acceptors (Lipinski definition) is 7. The SMILES string of the molecule is CCS(=O)(=O)c1nnc([C@H](Cc2ccccc2)NC(=O)c2ccncc2)o1. The summed E-state index contributed by atoms with van der Waals surface area (Å²) in [6.07, 6.45) is 3.39. The van der Waals surface area contributed by atoms with Crippen molar-refractivity contribution in [3.05, 3.63) is 71.9 Å². The molecule has 0 radical (unpaired) electrons. The van der Waals surface area contributed by atoms with Gasteiger partial charge in [-0.05, 0) is 17.7 Å². The van der Waals surface area contributed by atoms with E-state index in [9.17, 15) is 13.2 Å². The van der Waals surface area contributed by atoms with Crippen LogP contribution < -0.4 is 5.32 Å². The summed E-state index contributed by atoms with van der Waals surface area (Å²) in [5.41, 5.74) is 1.35. The molecule has 3 aromatic rings. The van der Waals surface area contributed by atoms with Gasteiger partial charge in [0.2, 0.25) is 15.7 Å². The first kappa shape index (κ1) is 18.7. The van der Waals surface area contributed by atoms with Gasteiger partial charge in [-0.2, -0.15) is 0 Å². The second-order valence-corrected chi connectivity index (χ2v) is 7.92. The lowest BCUT2D eigenvalue weighted by Crippen LogP contribution is -2.30. The van der Waals surface area contributed by atoms with Gasteiger partial charge in [0.25, 0.3) is 5.91 Å². The number of hydrogen-bond donors (Lipinski definition) is 1. The minimum absolute atomic E-state index is 0.0354. The highest BCUT2D eigenvalue weighted by Gasteiger charge is 2.26. The molecule has 8 nitrogen and oxygen atoms in total. The van der Waals surface area contributed by atoms with E-state index in [0.29, 0.717) is 12.0 Å². The number of pyridine rings is 1. The molecule has 27 heavy (non-hydrogen) atoms. The molecule has 1 atom stereocenters. The maximum absolute atomic E-state index is 12.5. The van der Waals surface area contributed by atoms with Crippen LogP contribution in [-0.4, -0.2) is 35.3 Å². The van der Waals surface area contributed by atoms with Crippen molar-refractivity contribution >= 4 is 15.7 Å². The van der Waals surface area contributed by atoms with Crippen LogP contribution in [0.25, 0.3) is 0 Å². The molecule has 1 N–H and O–H groups in total. The molecule has 0 aliphatic rings. The molecule has 3 rings (SSSR count). The van der Waals surface area contributed by atoms with Crippen molar-refractivity contribution < 1.29 is 17.6 Å². The predicted octanol–water partition coefficient (Wildman–Crippen LogP) is 1.97. The first-order valence-electron chi connectivity index (χ1n) is 8.30. The van der Waals surface area contributed by atoms with Crippen molar-refractivity contribution in [2.24, 2.45) is 0 Å². The Bertz CT molecular complexity index is 1000. The van der Waals surface area contributed by atoms with Gasteiger partial charge in [0.1, 0.15) is 6.04 Å². The normalized spacial score (nSPS) is 12.5. The third-order valence-electron chi connectivity index (χ3n) is 3.90. The van der Waals surface area contributed by atoms with Gasteiger partial charge in [-0.1, -0.05) is 42.4 Å². The average Bonchev–Trinajstić information content (AvgIpc) is 3.20. The maximum atomic E-state index is 12.5. The predicted molar refractivity (Wildman–Crippen MR) is 96.6 cm³/mol. The van der Waals surface area contributed by atoms with Gasteiger partial charge >= 0.3 is 5.22 Å². The molecule has 2 aromatic heterocycles. The van der Waals surface area contributed by atoms with E-state index in [4.69, 9.17) is 4.42 Å². The summed E-state index contributed by atoms with van der Waals surface area (Å²) in [5, 5.41) is 9.86. The Morgan fingerprint density at radius 3 is 2.48 bits per heavy atom. The molecule has 0 saturated heterocycles. The van der Waals surface area contributed by atoms with E-state index in [-0.39, 0.29) is 17.6 Å². The number of nitrogens with one attached hydrogen (secondary N) is 1. The molecule has 0 bridgehead atoms. The minimum Gasteiger partial charge on any atom is -0.410 e. The zero-order valence-corrected chi connectivity index (χ0v) is 15.4. The Morgan fingerprint density at radius 2 is 1.81 bits per heavy atom. The van der Waals surface area contributed by atoms with Crippen LogP contribution in [0.3, 0.4) is 0 Å². The number of nitrogens with zero attached hydrogens (tertiary/aromatic N) is 3. The summed E-state index contributed by atoms with van der Waals surface area (Å²) >= 11 is 0. The van der Waals surface area contributed by atoms with Gasteiger partial charge in [-0.15, -0.1) is 5.10 Å². The molecular weight excluding hydrogens is 368 g/mol. The molecule has 140 valence electrons. The van der Waals surface area contributed by atoms with Crippen LogP contribution in [0.15, 0.2) is 64.5 Å². The van der Waals surface area contributed by atoms with Gasteiger partial charge in [0.05, 0.1) is 5.75 Å². The largest absolute Gasteiger partial charge is 0.410 e. The molecule has 0 fully saturated rings. The molecule has 0 aliphatic carbocycles. The molecule has 2 heterocycles. The Hall–Kier alpha value is -3.07. The fraction of sp³-hybridized carbons (Fsp3) is 0.222. The van der Waals surface area contributed by atoms with Crippen LogP contribution in [0.2, 0.25) is 0 Å². The van der Waals surface area contributed by atoms with Gasteiger partial charge in [0, 0.05) is 24.4 Å². The van der Waals surface area contributed by atoms with E-state index < -0.39 is 21.1 Å². The number of carbonyl (C=O) groups is 1. The number of aromatic nitrogens is 3. The van der Waals surface area contributed by atoms with E-state index in [1.807, 2.05) is 30.3 Å². The lowest BCUT2D eigenvalue weighted by atomic mass is 10.1. The molecule has 1 amide bonds. The van der Waals surface area contributed by atoms with Crippen molar-refractivity contribution in [3.8, 4) is 0 Å². The highest BCUT2D eigenvalue weighted by atomic mass is 32.2. The first-order chi connectivity index (χ1) is 13.0. The van der Waals surface area contributed by atoms with Crippen LogP contribution in [0, 0.1) is 0 Å². The minimum atomic E-state index is -3.63. The molecule has 1 aromatic carbocycles. The van der Waals surface area contributed by atoms with Crippen LogP contribution in [0.4, 0.5) is 0 Å². The monoisotopic (exact) mass is 386 g/mol. The molecule has 0 aliphatic heterocycles. The van der Waals surface area contributed by atoms with E-state index in [1.165, 1.54) is 19.3 Å². The molecule has 0 saturated carbocycles. The van der Waals surface area contributed by atoms with Crippen LogP contribution in [0.1, 0.15) is 34.8 Å². The summed E-state index contributed by atoms with van der Waals surface area (Å²) < 4.78 is 29.3. The third kappa shape index (κ3) is 4.56. The number of carbonyl (C=O) groups excluding carboxylic acids is 1. The van der Waals surface area contributed by atoms with Crippen LogP contribution in [-0.2, 0) is 16.3 Å². The van der Waals surface area contributed by atoms with E-state index in [2.05, 4.69) is 20.5 Å². The highest BCUT2D eigenvalue weighted by Crippen LogP contribution is 2.20. The zero-order chi connectivity index (χ0) is 19.3. The van der Waals surface area contributed by atoms with Crippen molar-refractivity contribution in [1.29, 1.82) is 0 Å². The molecule has 9 heteroatoms. The lowest BCUT2D eigenvalue weighted by Gasteiger charge is -2.15. The fourth-order valence-corrected chi connectivity index (χ4v) is 3.03. The Kier molecular flexibility index (Phi) is 5.60. The lowest BCUT2D eigenvalue weighted by molar-refractivity contribution is 0.0929. The fourth-order valence-electron chi connectivity index (χ4n) is 2.41. The van der Waals surface area contributed by atoms with E-state index in [0.717, 1.165) is 5.56 Å². The second kappa shape index (κ2) is 8.09. The molecule has 0 spiro atoms. The zero-order valence-electron chi connectivity index (χ0n) is 14.6. The Labute approximate surface area is 156 Å². The van der Waals surface area contributed by atoms with Crippen LogP contribution in [0.5, 0.6) is 0 Å². The number of sulfone groups is 1. The van der Waals surface area contributed by atoms with Gasteiger partial charge in [-0.3, -0.25) is 9.78 Å². The van der Waals surface area contributed by atoms with Gasteiger partial charge < -0.3 is 9.73 Å². The third-order valence-corrected chi connectivity index (χ3v) is 5.35. The topological polar surface area (TPSA) is 115 Å². The van der Waals surface area contributed by atoms with Crippen molar-refractivity contribution in [1.82, 2.24) is 20.5 Å². The first-order valence-corrected chi connectivity index (χ1v) is 9.96. The molecular formula is C18H18N4O4S. The van der Waals surface area contributed by atoms with Gasteiger partial charge in [-0.25, -0.2) is 8.42 Å². The average molecular weight is 386 g/mol. The Morgan fingerprint density at radius 1 is 1.11 bits per heavy atom. The quantitative estimate of drug-likeness (QED) is 0.660. The number of amides is 1. The molecule has 0 unspecified atom stereocenters. The van der Waals surface area contributed by atoms with Gasteiger partial charge in [0.15, 0.2) is 0 Å². The van der Waals surface area contributed by atoms with Crippen molar-refractivity contribution in [2.45, 2.75) is 24.6 Å². The van der Waals surface area contributed by atoms with E-state index in [1.54, 1.807) is 12.1 Å². The smallest absolute Gasteiger partial charge is 0.335 e. The maximum Gasteiger partial charge on any atom is 0.335 e. The van der Waals surface area contributed by atoms with Crippen molar-refractivity contribution in [2.75, 3.05) is 5.75 Å². The number of benzene rings is 1. The standard InChI is InChI=1S/C18H18N4O4S/c1-2-27(24,25)18-22-21-17(26-18)15(12-13-6-4-3-5-7-13)20-16(23)14-8-10-19-11-9-14/h3-11,15H,2,12H2,1H3,(H,20,23)/t15-/m0/s1. The summed E-state index contributed by atoms with van der Waals surface area (Å²) in [6, 6.07) is 11.9.